The maximum atomic E-state index is 11.8. The summed E-state index contributed by atoms with van der Waals surface area (Å²) in [7, 11) is 1.30. The lowest BCUT2D eigenvalue weighted by Gasteiger charge is -2.15. The molecule has 2 amide bonds. The van der Waals surface area contributed by atoms with Crippen LogP contribution in [-0.4, -0.2) is 38.0 Å². The van der Waals surface area contributed by atoms with Gasteiger partial charge in [-0.3, -0.25) is 9.59 Å². The third-order valence-corrected chi connectivity index (χ3v) is 3.56. The Morgan fingerprint density at radius 2 is 2.04 bits per heavy atom. The molecule has 6 heteroatoms. The quantitative estimate of drug-likeness (QED) is 0.632. The monoisotopic (exact) mass is 316 g/mol. The van der Waals surface area contributed by atoms with E-state index in [9.17, 15) is 14.4 Å². The second-order valence-corrected chi connectivity index (χ2v) is 5.22. The number of carbonyl (C=O) groups is 3. The number of benzene rings is 1. The minimum Gasteiger partial charge on any atom is -0.466 e. The van der Waals surface area contributed by atoms with Crippen molar-refractivity contribution in [1.29, 1.82) is 0 Å². The maximum Gasteiger partial charge on any atom is 0.330 e. The number of esters is 1. The summed E-state index contributed by atoms with van der Waals surface area (Å²) in [6.07, 6.45) is 4.54. The number of nitrogens with one attached hydrogen (secondary N) is 1. The predicted molar refractivity (Wildman–Crippen MR) is 85.9 cm³/mol. The Morgan fingerprint density at radius 1 is 1.30 bits per heavy atom. The highest BCUT2D eigenvalue weighted by atomic mass is 16.5. The summed E-state index contributed by atoms with van der Waals surface area (Å²) >= 11 is 0. The highest BCUT2D eigenvalue weighted by Crippen LogP contribution is 2.21. The van der Waals surface area contributed by atoms with E-state index in [1.807, 2.05) is 24.3 Å². The van der Waals surface area contributed by atoms with Gasteiger partial charge >= 0.3 is 5.97 Å². The number of ether oxygens (including phenoxy) is 1. The van der Waals surface area contributed by atoms with Crippen LogP contribution in [0.25, 0.3) is 0 Å². The van der Waals surface area contributed by atoms with Crippen molar-refractivity contribution < 1.29 is 19.1 Å². The van der Waals surface area contributed by atoms with Crippen LogP contribution < -0.4 is 10.2 Å². The van der Waals surface area contributed by atoms with Gasteiger partial charge in [0.25, 0.3) is 0 Å². The third kappa shape index (κ3) is 4.95. The summed E-state index contributed by atoms with van der Waals surface area (Å²) in [6, 6.07) is 7.43. The number of methoxy groups -OCH3 is 1. The molecule has 2 rings (SSSR count). The molecule has 122 valence electrons. The lowest BCUT2D eigenvalue weighted by molar-refractivity contribution is -0.135. The molecule has 1 aliphatic rings. The van der Waals surface area contributed by atoms with Gasteiger partial charge in [0.05, 0.1) is 13.5 Å². The molecule has 0 spiro atoms. The van der Waals surface area contributed by atoms with Crippen molar-refractivity contribution in [3.63, 3.8) is 0 Å². The molecule has 6 nitrogen and oxygen atoms in total. The molecular weight excluding hydrogens is 296 g/mol. The summed E-state index contributed by atoms with van der Waals surface area (Å²) in [5, 5.41) is 2.69. The smallest absolute Gasteiger partial charge is 0.330 e. The average Bonchev–Trinajstić information content (AvgIpc) is 2.98. The Balaban J connectivity index is 1.81. The molecule has 0 radical (unpaired) electrons. The van der Waals surface area contributed by atoms with E-state index in [4.69, 9.17) is 0 Å². The number of rotatable bonds is 6. The van der Waals surface area contributed by atoms with Gasteiger partial charge in [0.1, 0.15) is 0 Å². The van der Waals surface area contributed by atoms with Crippen LogP contribution in [0.4, 0.5) is 5.69 Å². The van der Waals surface area contributed by atoms with Gasteiger partial charge < -0.3 is 15.0 Å². The number of nitrogens with zero attached hydrogens (tertiary/aromatic N) is 1. The fraction of sp³-hybridized carbons (Fsp3) is 0.353. The van der Waals surface area contributed by atoms with Crippen LogP contribution in [0.2, 0.25) is 0 Å². The van der Waals surface area contributed by atoms with Gasteiger partial charge in [-0.2, -0.15) is 0 Å². The van der Waals surface area contributed by atoms with Crippen LogP contribution in [0.15, 0.2) is 36.4 Å². The van der Waals surface area contributed by atoms with Crippen molar-refractivity contribution in [1.82, 2.24) is 5.32 Å². The van der Waals surface area contributed by atoms with E-state index in [0.29, 0.717) is 6.42 Å². The van der Waals surface area contributed by atoms with Crippen LogP contribution in [-0.2, 0) is 25.5 Å². The summed E-state index contributed by atoms with van der Waals surface area (Å²) in [5.41, 5.74) is 1.74. The van der Waals surface area contributed by atoms with E-state index in [1.165, 1.54) is 19.3 Å². The summed E-state index contributed by atoms with van der Waals surface area (Å²) in [6.45, 7) is 1.03. The zero-order valence-corrected chi connectivity index (χ0v) is 13.1. The zero-order chi connectivity index (χ0) is 16.7. The molecule has 1 aliphatic heterocycles. The molecule has 0 atom stereocenters. The topological polar surface area (TPSA) is 75.7 Å². The zero-order valence-electron chi connectivity index (χ0n) is 13.1. The van der Waals surface area contributed by atoms with Gasteiger partial charge in [-0.15, -0.1) is 0 Å². The van der Waals surface area contributed by atoms with Crippen molar-refractivity contribution in [2.75, 3.05) is 25.1 Å². The molecule has 23 heavy (non-hydrogen) atoms. The van der Waals surface area contributed by atoms with Crippen LogP contribution in [0, 0.1) is 0 Å². The highest BCUT2D eigenvalue weighted by Gasteiger charge is 2.21. The SMILES string of the molecule is COC(=O)/C=C/CNC(=O)Cc1ccc(N2CCCC2=O)cc1. The molecule has 0 saturated carbocycles. The van der Waals surface area contributed by atoms with Gasteiger partial charge in [-0.05, 0) is 24.1 Å². The molecule has 1 fully saturated rings. The molecule has 1 N–H and O–H groups in total. The molecule has 1 heterocycles. The van der Waals surface area contributed by atoms with E-state index in [1.54, 1.807) is 4.90 Å². The Labute approximate surface area is 135 Å². The first-order chi connectivity index (χ1) is 11.1. The number of hydrogen-bond acceptors (Lipinski definition) is 4. The first-order valence-corrected chi connectivity index (χ1v) is 7.50. The van der Waals surface area contributed by atoms with Crippen molar-refractivity contribution >= 4 is 23.5 Å². The highest BCUT2D eigenvalue weighted by molar-refractivity contribution is 5.95. The van der Waals surface area contributed by atoms with Crippen LogP contribution >= 0.6 is 0 Å². The minimum atomic E-state index is -0.453. The Hall–Kier alpha value is -2.63. The molecule has 1 saturated heterocycles. The molecule has 0 aromatic heterocycles. The Kier molecular flexibility index (Phi) is 5.91. The first kappa shape index (κ1) is 16.7. The van der Waals surface area contributed by atoms with Crippen LogP contribution in [0.1, 0.15) is 18.4 Å². The summed E-state index contributed by atoms with van der Waals surface area (Å²) < 4.78 is 4.45. The molecule has 1 aromatic carbocycles. The Bertz CT molecular complexity index is 608. The molecule has 0 bridgehead atoms. The minimum absolute atomic E-state index is 0.135. The van der Waals surface area contributed by atoms with Crippen molar-refractivity contribution in [2.24, 2.45) is 0 Å². The fourth-order valence-corrected chi connectivity index (χ4v) is 2.36. The number of carbonyl (C=O) groups excluding carboxylic acids is 3. The summed E-state index contributed by atoms with van der Waals surface area (Å²) in [4.78, 5) is 36.1. The Morgan fingerprint density at radius 3 is 2.65 bits per heavy atom. The van der Waals surface area contributed by atoms with E-state index < -0.39 is 5.97 Å². The standard InChI is InChI=1S/C17H20N2O4/c1-23-17(22)5-2-10-18-15(20)12-13-6-8-14(9-7-13)19-11-3-4-16(19)21/h2,5-9H,3-4,10-12H2,1H3,(H,18,20)/b5-2+. The van der Waals surface area contributed by atoms with Gasteiger partial charge in [0.2, 0.25) is 11.8 Å². The van der Waals surface area contributed by atoms with E-state index >= 15 is 0 Å². The summed E-state index contributed by atoms with van der Waals surface area (Å²) in [5.74, 6) is -0.441. The lowest BCUT2D eigenvalue weighted by Crippen LogP contribution is -2.25. The molecule has 0 unspecified atom stereocenters. The third-order valence-electron chi connectivity index (χ3n) is 3.56. The lowest BCUT2D eigenvalue weighted by atomic mass is 10.1. The number of anilines is 1. The van der Waals surface area contributed by atoms with Gasteiger partial charge in [0, 0.05) is 31.3 Å². The maximum absolute atomic E-state index is 11.8. The molecular formula is C17H20N2O4. The van der Waals surface area contributed by atoms with Gasteiger partial charge in [0.15, 0.2) is 0 Å². The van der Waals surface area contributed by atoms with Crippen molar-refractivity contribution in [3.05, 3.63) is 42.0 Å². The number of amides is 2. The second kappa shape index (κ2) is 8.12. The van der Waals surface area contributed by atoms with E-state index in [0.717, 1.165) is 24.2 Å². The van der Waals surface area contributed by atoms with E-state index in [-0.39, 0.29) is 24.8 Å². The average molecular weight is 316 g/mol. The van der Waals surface area contributed by atoms with E-state index in [2.05, 4.69) is 10.1 Å². The van der Waals surface area contributed by atoms with Crippen molar-refractivity contribution in [2.45, 2.75) is 19.3 Å². The second-order valence-electron chi connectivity index (χ2n) is 5.22. The van der Waals surface area contributed by atoms with Crippen LogP contribution in [0.3, 0.4) is 0 Å². The normalized spacial score (nSPS) is 14.3. The number of hydrogen-bond donors (Lipinski definition) is 1. The van der Waals surface area contributed by atoms with Crippen LogP contribution in [0.5, 0.6) is 0 Å². The van der Waals surface area contributed by atoms with Gasteiger partial charge in [-0.25, -0.2) is 4.79 Å². The largest absolute Gasteiger partial charge is 0.466 e. The first-order valence-electron chi connectivity index (χ1n) is 7.50. The molecule has 0 aliphatic carbocycles. The molecule has 1 aromatic rings. The van der Waals surface area contributed by atoms with Crippen molar-refractivity contribution in [3.8, 4) is 0 Å². The van der Waals surface area contributed by atoms with Gasteiger partial charge in [-0.1, -0.05) is 18.2 Å². The predicted octanol–water partition coefficient (Wildman–Crippen LogP) is 1.20. The fourth-order valence-electron chi connectivity index (χ4n) is 2.36.